The van der Waals surface area contributed by atoms with Gasteiger partial charge in [-0.25, -0.2) is 4.68 Å². The normalized spacial score (nSPS) is 22.0. The van der Waals surface area contributed by atoms with E-state index in [2.05, 4.69) is 5.10 Å². The zero-order valence-corrected chi connectivity index (χ0v) is 16.8. The minimum atomic E-state index is 0.112. The van der Waals surface area contributed by atoms with Gasteiger partial charge in [0.25, 0.3) is 0 Å². The molecule has 2 fully saturated rings. The Morgan fingerprint density at radius 2 is 1.96 bits per heavy atom. The third kappa shape index (κ3) is 3.81. The van der Waals surface area contributed by atoms with Crippen molar-refractivity contribution in [2.75, 3.05) is 19.7 Å². The summed E-state index contributed by atoms with van der Waals surface area (Å²) in [5.41, 5.74) is 1.78. The molecule has 5 nitrogen and oxygen atoms in total. The summed E-state index contributed by atoms with van der Waals surface area (Å²) in [5, 5.41) is 5.53. The molecule has 1 amide bonds. The van der Waals surface area contributed by atoms with E-state index in [9.17, 15) is 4.79 Å². The Labute approximate surface area is 169 Å². The van der Waals surface area contributed by atoms with Crippen LogP contribution in [0.2, 0.25) is 10.0 Å². The van der Waals surface area contributed by atoms with Crippen molar-refractivity contribution >= 4 is 29.1 Å². The highest BCUT2D eigenvalue weighted by Gasteiger charge is 2.39. The fraction of sp³-hybridized carbons (Fsp3) is 0.500. The molecule has 2 aromatic rings. The van der Waals surface area contributed by atoms with E-state index in [4.69, 9.17) is 27.9 Å². The van der Waals surface area contributed by atoms with Crippen LogP contribution in [0.4, 0.5) is 0 Å². The number of halogens is 2. The molecule has 0 bridgehead atoms. The highest BCUT2D eigenvalue weighted by molar-refractivity contribution is 6.42. The summed E-state index contributed by atoms with van der Waals surface area (Å²) in [6.45, 7) is 4.32. The van der Waals surface area contributed by atoms with Crippen molar-refractivity contribution in [3.8, 4) is 11.6 Å². The van der Waals surface area contributed by atoms with Crippen molar-refractivity contribution in [2.45, 2.75) is 32.6 Å². The summed E-state index contributed by atoms with van der Waals surface area (Å²) in [7, 11) is 0. The van der Waals surface area contributed by atoms with E-state index >= 15 is 0 Å². The predicted octanol–water partition coefficient (Wildman–Crippen LogP) is 4.51. The number of likely N-dealkylation sites (tertiary alicyclic amines) is 1. The zero-order valence-electron chi connectivity index (χ0n) is 15.3. The second-order valence-electron chi connectivity index (χ2n) is 7.42. The lowest BCUT2D eigenvalue weighted by Crippen LogP contribution is -2.44. The van der Waals surface area contributed by atoms with Crippen LogP contribution in [0.15, 0.2) is 24.3 Å². The fourth-order valence-electron chi connectivity index (χ4n) is 3.85. The molecule has 1 saturated carbocycles. The lowest BCUT2D eigenvalue weighted by Gasteiger charge is -2.37. The van der Waals surface area contributed by atoms with E-state index < -0.39 is 0 Å². The first-order valence-corrected chi connectivity index (χ1v) is 10.2. The quantitative estimate of drug-likeness (QED) is 0.731. The Kier molecular flexibility index (Phi) is 5.33. The topological polar surface area (TPSA) is 47.4 Å². The molecule has 7 heteroatoms. The number of amides is 1. The van der Waals surface area contributed by atoms with Crippen LogP contribution in [0, 0.1) is 18.8 Å². The Balaban J connectivity index is 1.39. The van der Waals surface area contributed by atoms with Gasteiger partial charge < -0.3 is 9.64 Å². The molecule has 2 heterocycles. The Morgan fingerprint density at radius 1 is 1.19 bits per heavy atom. The second kappa shape index (κ2) is 7.72. The molecule has 0 spiro atoms. The van der Waals surface area contributed by atoms with Crippen LogP contribution in [-0.4, -0.2) is 40.3 Å². The van der Waals surface area contributed by atoms with E-state index in [-0.39, 0.29) is 11.8 Å². The number of hydrogen-bond acceptors (Lipinski definition) is 3. The van der Waals surface area contributed by atoms with Gasteiger partial charge in [-0.3, -0.25) is 4.79 Å². The standard InChI is InChI=1S/C20H23Cl2N3O2/c1-13-10-19(23-25(13)15-5-7-17(21)18(22)11-15)27-12-14-4-6-16(14)20(26)24-8-2-3-9-24/h5,7,10-11,14,16H,2-4,6,8-9,12H2,1H3/t14-,16+/m0/s1. The molecule has 1 aromatic heterocycles. The molecule has 0 unspecified atom stereocenters. The second-order valence-corrected chi connectivity index (χ2v) is 8.24. The highest BCUT2D eigenvalue weighted by Crippen LogP contribution is 2.37. The molecule has 27 heavy (non-hydrogen) atoms. The predicted molar refractivity (Wildman–Crippen MR) is 106 cm³/mol. The highest BCUT2D eigenvalue weighted by atomic mass is 35.5. The molecule has 0 N–H and O–H groups in total. The number of aryl methyl sites for hydroxylation is 1. The molecule has 1 aromatic carbocycles. The van der Waals surface area contributed by atoms with Crippen LogP contribution in [0.25, 0.3) is 5.69 Å². The summed E-state index contributed by atoms with van der Waals surface area (Å²) in [6, 6.07) is 7.31. The van der Waals surface area contributed by atoms with Gasteiger partial charge in [-0.1, -0.05) is 23.2 Å². The molecular weight excluding hydrogens is 385 g/mol. The van der Waals surface area contributed by atoms with Crippen molar-refractivity contribution < 1.29 is 9.53 Å². The number of benzene rings is 1. The molecular formula is C20H23Cl2N3O2. The Morgan fingerprint density at radius 3 is 2.63 bits per heavy atom. The maximum absolute atomic E-state index is 12.6. The number of ether oxygens (including phenoxy) is 1. The van der Waals surface area contributed by atoms with Crippen molar-refractivity contribution in [3.05, 3.63) is 40.0 Å². The first-order chi connectivity index (χ1) is 13.0. The van der Waals surface area contributed by atoms with Gasteiger partial charge in [0.15, 0.2) is 0 Å². The largest absolute Gasteiger partial charge is 0.476 e. The lowest BCUT2D eigenvalue weighted by atomic mass is 9.73. The van der Waals surface area contributed by atoms with Crippen LogP contribution in [0.3, 0.4) is 0 Å². The summed E-state index contributed by atoms with van der Waals surface area (Å²) < 4.78 is 7.71. The van der Waals surface area contributed by atoms with E-state index in [0.717, 1.165) is 50.2 Å². The van der Waals surface area contributed by atoms with E-state index in [1.54, 1.807) is 16.8 Å². The van der Waals surface area contributed by atoms with Crippen LogP contribution in [-0.2, 0) is 4.79 Å². The van der Waals surface area contributed by atoms with E-state index in [0.29, 0.717) is 28.4 Å². The minimum absolute atomic E-state index is 0.112. The van der Waals surface area contributed by atoms with Crippen LogP contribution in [0.5, 0.6) is 5.88 Å². The zero-order chi connectivity index (χ0) is 19.0. The lowest BCUT2D eigenvalue weighted by molar-refractivity contribution is -0.141. The minimum Gasteiger partial charge on any atom is -0.476 e. The van der Waals surface area contributed by atoms with Crippen molar-refractivity contribution in [1.82, 2.24) is 14.7 Å². The fourth-order valence-corrected chi connectivity index (χ4v) is 4.15. The number of rotatable bonds is 5. The molecule has 1 aliphatic heterocycles. The van der Waals surface area contributed by atoms with Crippen molar-refractivity contribution in [1.29, 1.82) is 0 Å². The van der Waals surface area contributed by atoms with Gasteiger partial charge in [-0.05, 0) is 50.8 Å². The maximum atomic E-state index is 12.6. The van der Waals surface area contributed by atoms with E-state index in [1.165, 1.54) is 0 Å². The monoisotopic (exact) mass is 407 g/mol. The van der Waals surface area contributed by atoms with Gasteiger partial charge in [0.1, 0.15) is 0 Å². The summed E-state index contributed by atoms with van der Waals surface area (Å²) in [4.78, 5) is 14.6. The molecule has 144 valence electrons. The van der Waals surface area contributed by atoms with Gasteiger partial charge in [0, 0.05) is 36.7 Å². The van der Waals surface area contributed by atoms with Crippen LogP contribution >= 0.6 is 23.2 Å². The van der Waals surface area contributed by atoms with Gasteiger partial charge in [-0.2, -0.15) is 0 Å². The summed E-state index contributed by atoms with van der Waals surface area (Å²) in [6.07, 6.45) is 4.27. The smallest absolute Gasteiger partial charge is 0.233 e. The Hall–Kier alpha value is -1.72. The van der Waals surface area contributed by atoms with E-state index in [1.807, 2.05) is 24.0 Å². The third-order valence-corrected chi connectivity index (χ3v) is 6.35. The SMILES string of the molecule is Cc1cc(OC[C@@H]2CC[C@H]2C(=O)N2CCCC2)nn1-c1ccc(Cl)c(Cl)c1. The van der Waals surface area contributed by atoms with Gasteiger partial charge in [0.2, 0.25) is 11.8 Å². The molecule has 1 aliphatic carbocycles. The van der Waals surface area contributed by atoms with Gasteiger partial charge in [0.05, 0.1) is 22.3 Å². The molecule has 2 aliphatic rings. The average Bonchev–Trinajstić information content (AvgIpc) is 3.26. The van der Waals surface area contributed by atoms with Crippen LogP contribution < -0.4 is 4.74 Å². The summed E-state index contributed by atoms with van der Waals surface area (Å²) in [5.74, 6) is 1.28. The number of carbonyl (C=O) groups is 1. The number of aromatic nitrogens is 2. The van der Waals surface area contributed by atoms with Gasteiger partial charge in [-0.15, -0.1) is 5.10 Å². The molecule has 1 saturated heterocycles. The number of nitrogens with zero attached hydrogens (tertiary/aromatic N) is 3. The summed E-state index contributed by atoms with van der Waals surface area (Å²) >= 11 is 12.1. The molecule has 4 rings (SSSR count). The molecule has 0 radical (unpaired) electrons. The van der Waals surface area contributed by atoms with Gasteiger partial charge >= 0.3 is 0 Å². The number of hydrogen-bond donors (Lipinski definition) is 0. The third-order valence-electron chi connectivity index (χ3n) is 5.61. The van der Waals surface area contributed by atoms with Crippen molar-refractivity contribution in [3.63, 3.8) is 0 Å². The first kappa shape index (κ1) is 18.6. The molecule has 2 atom stereocenters. The first-order valence-electron chi connectivity index (χ1n) is 9.46. The number of carbonyl (C=O) groups excluding carboxylic acids is 1. The Bertz CT molecular complexity index is 846. The van der Waals surface area contributed by atoms with Crippen LogP contribution in [0.1, 0.15) is 31.4 Å². The maximum Gasteiger partial charge on any atom is 0.233 e. The average molecular weight is 408 g/mol. The van der Waals surface area contributed by atoms with Crippen molar-refractivity contribution in [2.24, 2.45) is 11.8 Å².